The number of nitrogens with zero attached hydrogens (tertiary/aromatic N) is 1. The maximum absolute atomic E-state index is 13.0. The van der Waals surface area contributed by atoms with Crippen LogP contribution in [0.1, 0.15) is 78.1 Å². The van der Waals surface area contributed by atoms with Gasteiger partial charge in [-0.15, -0.1) is 0 Å². The van der Waals surface area contributed by atoms with Gasteiger partial charge in [0.2, 0.25) is 0 Å². The van der Waals surface area contributed by atoms with E-state index < -0.39 is 5.60 Å². The summed E-state index contributed by atoms with van der Waals surface area (Å²) in [4.78, 5) is 13.0. The molecule has 1 atom stereocenters. The molecule has 2 aliphatic rings. The van der Waals surface area contributed by atoms with Crippen LogP contribution in [-0.4, -0.2) is 54.4 Å². The van der Waals surface area contributed by atoms with Crippen molar-refractivity contribution in [2.75, 3.05) is 33.3 Å². The molecule has 0 bridgehead atoms. The number of halogens is 1. The zero-order valence-corrected chi connectivity index (χ0v) is 18.7. The van der Waals surface area contributed by atoms with E-state index in [4.69, 9.17) is 4.74 Å². The number of rotatable bonds is 8. The summed E-state index contributed by atoms with van der Waals surface area (Å²) in [6.07, 6.45) is 10.6. The van der Waals surface area contributed by atoms with Crippen molar-refractivity contribution in [3.8, 4) is 0 Å². The molecule has 1 unspecified atom stereocenters. The third kappa shape index (κ3) is 6.20. The number of ether oxygens (including phenoxy) is 1. The van der Waals surface area contributed by atoms with Gasteiger partial charge in [0, 0.05) is 0 Å². The highest BCUT2D eigenvalue weighted by atomic mass is 79.9. The Bertz CT molecular complexity index is 413. The van der Waals surface area contributed by atoms with E-state index in [-0.39, 0.29) is 28.9 Å². The van der Waals surface area contributed by atoms with E-state index in [2.05, 4.69) is 20.9 Å². The van der Waals surface area contributed by atoms with Gasteiger partial charge < -0.3 is 31.3 Å². The summed E-state index contributed by atoms with van der Waals surface area (Å²) in [5, 5.41) is 11.3. The maximum Gasteiger partial charge on any atom is 0.312 e. The monoisotopic (exact) mass is 433 g/mol. The lowest BCUT2D eigenvalue weighted by Crippen LogP contribution is -3.00. The van der Waals surface area contributed by atoms with Crippen LogP contribution in [0, 0.1) is 11.8 Å². The van der Waals surface area contributed by atoms with Gasteiger partial charge in [-0.2, -0.15) is 0 Å². The van der Waals surface area contributed by atoms with Gasteiger partial charge in [-0.3, -0.25) is 4.79 Å². The first-order chi connectivity index (χ1) is 11.9. The van der Waals surface area contributed by atoms with Crippen molar-refractivity contribution in [2.24, 2.45) is 11.8 Å². The number of carbonyl (C=O) groups is 1. The largest absolute Gasteiger partial charge is 1.00 e. The summed E-state index contributed by atoms with van der Waals surface area (Å²) < 4.78 is 6.68. The summed E-state index contributed by atoms with van der Waals surface area (Å²) in [5.41, 5.74) is -0.828. The van der Waals surface area contributed by atoms with Gasteiger partial charge in [0.25, 0.3) is 0 Å². The molecule has 0 aromatic heterocycles. The Morgan fingerprint density at radius 3 is 2.15 bits per heavy atom. The van der Waals surface area contributed by atoms with E-state index in [1.165, 1.54) is 25.7 Å². The van der Waals surface area contributed by atoms with Gasteiger partial charge in [-0.05, 0) is 45.4 Å². The molecular weight excluding hydrogens is 394 g/mol. The standard InChI is InChI=1S/C21H40NO3.BrH/c1-4-22(3,5-2)16-17-25-20(23)19(18-12-8-6-9-13-18)21(24)14-10-7-11-15-21;/h18-19,24H,4-17H2,1-3H3;1H/q+1;/p-1. The molecule has 0 aromatic carbocycles. The van der Waals surface area contributed by atoms with Crippen LogP contribution in [0.5, 0.6) is 0 Å². The highest BCUT2D eigenvalue weighted by Gasteiger charge is 2.47. The Hall–Kier alpha value is -0.130. The lowest BCUT2D eigenvalue weighted by molar-refractivity contribution is -0.906. The fraction of sp³-hybridized carbons (Fsp3) is 0.952. The number of hydrogen-bond donors (Lipinski definition) is 1. The normalized spacial score (nSPS) is 22.3. The smallest absolute Gasteiger partial charge is 0.312 e. The average Bonchev–Trinajstić information content (AvgIpc) is 2.63. The van der Waals surface area contributed by atoms with Crippen molar-refractivity contribution in [1.29, 1.82) is 0 Å². The number of hydrogen-bond acceptors (Lipinski definition) is 3. The van der Waals surface area contributed by atoms with E-state index in [1.807, 2.05) is 0 Å². The molecule has 4 nitrogen and oxygen atoms in total. The minimum Gasteiger partial charge on any atom is -1.00 e. The minimum atomic E-state index is -0.828. The van der Waals surface area contributed by atoms with Crippen LogP contribution in [0.3, 0.4) is 0 Å². The molecule has 2 saturated carbocycles. The van der Waals surface area contributed by atoms with E-state index in [9.17, 15) is 9.90 Å². The summed E-state index contributed by atoms with van der Waals surface area (Å²) in [6.45, 7) is 7.78. The molecule has 26 heavy (non-hydrogen) atoms. The topological polar surface area (TPSA) is 46.5 Å². The van der Waals surface area contributed by atoms with Crippen molar-refractivity contribution < 1.29 is 36.1 Å². The molecule has 2 fully saturated rings. The second-order valence-corrected chi connectivity index (χ2v) is 8.68. The summed E-state index contributed by atoms with van der Waals surface area (Å²) >= 11 is 0. The Labute approximate surface area is 171 Å². The molecule has 5 heteroatoms. The summed E-state index contributed by atoms with van der Waals surface area (Å²) in [5.74, 6) is -0.132. The van der Waals surface area contributed by atoms with Crippen LogP contribution in [-0.2, 0) is 9.53 Å². The van der Waals surface area contributed by atoms with Crippen LogP contribution in [0.25, 0.3) is 0 Å². The molecule has 0 amide bonds. The van der Waals surface area contributed by atoms with Crippen molar-refractivity contribution in [3.63, 3.8) is 0 Å². The van der Waals surface area contributed by atoms with Gasteiger partial charge in [-0.25, -0.2) is 0 Å². The first-order valence-corrected chi connectivity index (χ1v) is 10.7. The molecule has 0 saturated heterocycles. The predicted octanol–water partition coefficient (Wildman–Crippen LogP) is 0.912. The van der Waals surface area contributed by atoms with Crippen LogP contribution >= 0.6 is 0 Å². The van der Waals surface area contributed by atoms with Gasteiger partial charge >= 0.3 is 5.97 Å². The van der Waals surface area contributed by atoms with Gasteiger partial charge in [0.15, 0.2) is 0 Å². The van der Waals surface area contributed by atoms with Crippen LogP contribution in [0.15, 0.2) is 0 Å². The molecule has 1 N–H and O–H groups in total. The van der Waals surface area contributed by atoms with Crippen LogP contribution in [0.4, 0.5) is 0 Å². The average molecular weight is 434 g/mol. The number of esters is 1. The summed E-state index contributed by atoms with van der Waals surface area (Å²) in [6, 6.07) is 0. The molecule has 2 aliphatic carbocycles. The molecule has 154 valence electrons. The van der Waals surface area contributed by atoms with E-state index in [0.29, 0.717) is 12.5 Å². The highest BCUT2D eigenvalue weighted by Crippen LogP contribution is 2.43. The number of aliphatic hydroxyl groups is 1. The van der Waals surface area contributed by atoms with Crippen molar-refractivity contribution in [2.45, 2.75) is 83.7 Å². The van der Waals surface area contributed by atoms with Crippen molar-refractivity contribution in [1.82, 2.24) is 0 Å². The van der Waals surface area contributed by atoms with E-state index in [1.54, 1.807) is 0 Å². The Balaban J connectivity index is 0.00000338. The number of quaternary nitrogens is 1. The molecule has 0 spiro atoms. The third-order valence-electron chi connectivity index (χ3n) is 7.08. The van der Waals surface area contributed by atoms with Crippen molar-refractivity contribution in [3.05, 3.63) is 0 Å². The molecule has 2 rings (SSSR count). The second-order valence-electron chi connectivity index (χ2n) is 8.68. The van der Waals surface area contributed by atoms with Crippen LogP contribution in [0.2, 0.25) is 0 Å². The number of likely N-dealkylation sites (N-methyl/N-ethyl adjacent to an activating group) is 1. The fourth-order valence-electron chi connectivity index (χ4n) is 4.79. The number of carbonyl (C=O) groups excluding carboxylic acids is 1. The lowest BCUT2D eigenvalue weighted by atomic mass is 9.67. The van der Waals surface area contributed by atoms with E-state index >= 15 is 0 Å². The first-order valence-electron chi connectivity index (χ1n) is 10.7. The van der Waals surface area contributed by atoms with Gasteiger partial charge in [-0.1, -0.05) is 38.5 Å². The Kier molecular flexibility index (Phi) is 10.1. The molecule has 0 radical (unpaired) electrons. The highest BCUT2D eigenvalue weighted by molar-refractivity contribution is 5.74. The van der Waals surface area contributed by atoms with Crippen molar-refractivity contribution >= 4 is 5.97 Å². The zero-order valence-electron chi connectivity index (χ0n) is 17.1. The van der Waals surface area contributed by atoms with Gasteiger partial charge in [0.05, 0.1) is 31.7 Å². The lowest BCUT2D eigenvalue weighted by Gasteiger charge is -2.42. The summed E-state index contributed by atoms with van der Waals surface area (Å²) in [7, 11) is 2.21. The van der Waals surface area contributed by atoms with Gasteiger partial charge in [0.1, 0.15) is 13.2 Å². The Morgan fingerprint density at radius 1 is 1.08 bits per heavy atom. The third-order valence-corrected chi connectivity index (χ3v) is 7.08. The fourth-order valence-corrected chi connectivity index (χ4v) is 4.79. The second kappa shape index (κ2) is 11.0. The minimum absolute atomic E-state index is 0. The molecule has 0 aliphatic heterocycles. The molecule has 0 heterocycles. The Morgan fingerprint density at radius 2 is 1.62 bits per heavy atom. The van der Waals surface area contributed by atoms with Crippen LogP contribution < -0.4 is 17.0 Å². The SMILES string of the molecule is CC[N+](C)(CC)CCOC(=O)C(C1CCCCC1)C1(O)CCCCC1.[Br-]. The zero-order chi connectivity index (χ0) is 18.3. The molecule has 0 aromatic rings. The molecular formula is C21H40BrNO3. The predicted molar refractivity (Wildman–Crippen MR) is 101 cm³/mol. The maximum atomic E-state index is 13.0. The first kappa shape index (κ1) is 23.9. The quantitative estimate of drug-likeness (QED) is 0.457. The van der Waals surface area contributed by atoms with E-state index in [0.717, 1.165) is 62.6 Å².